The molecule has 2 amide bonds. The van der Waals surface area contributed by atoms with E-state index in [-0.39, 0.29) is 18.4 Å². The van der Waals surface area contributed by atoms with E-state index in [1.54, 1.807) is 17.9 Å². The van der Waals surface area contributed by atoms with Gasteiger partial charge in [-0.2, -0.15) is 0 Å². The number of carbonyl (C=O) groups excluding carboxylic acids is 1. The molecular weight excluding hydrogens is 251 g/mol. The number of rotatable bonds is 5. The van der Waals surface area contributed by atoms with Crippen molar-refractivity contribution in [2.45, 2.75) is 13.0 Å². The first-order chi connectivity index (χ1) is 9.08. The molecule has 0 aliphatic carbocycles. The molecule has 104 valence electrons. The van der Waals surface area contributed by atoms with Crippen molar-refractivity contribution in [2.75, 3.05) is 26.2 Å². The number of halogens is 1. The number of urea groups is 1. The molecule has 1 fully saturated rings. The van der Waals surface area contributed by atoms with Gasteiger partial charge in [0.15, 0.2) is 11.6 Å². The maximum absolute atomic E-state index is 13.7. The molecule has 1 aromatic carbocycles. The average Bonchev–Trinajstić information content (AvgIpc) is 2.77. The molecule has 1 atom stereocenters. The van der Waals surface area contributed by atoms with Crippen LogP contribution in [0, 0.1) is 5.82 Å². The van der Waals surface area contributed by atoms with Gasteiger partial charge in [0.05, 0.1) is 12.6 Å². The standard InChI is InChI=1S/C13H17FN2O3/c1-9(17)10-2-3-12(11(14)8-10)19-7-6-16-5-4-15-13(16)18/h2-3,8-9,17H,4-7H2,1H3,(H,15,18)/t9-/m1/s1. The smallest absolute Gasteiger partial charge is 0.317 e. The third-order valence-corrected chi connectivity index (χ3v) is 3.00. The Morgan fingerprint density at radius 2 is 2.37 bits per heavy atom. The number of hydrogen-bond acceptors (Lipinski definition) is 3. The lowest BCUT2D eigenvalue weighted by molar-refractivity contribution is 0.196. The van der Waals surface area contributed by atoms with Crippen molar-refractivity contribution in [1.82, 2.24) is 10.2 Å². The lowest BCUT2D eigenvalue weighted by atomic mass is 10.1. The van der Waals surface area contributed by atoms with Crippen LogP contribution in [-0.4, -0.2) is 42.3 Å². The Hall–Kier alpha value is -1.82. The fraction of sp³-hybridized carbons (Fsp3) is 0.462. The Morgan fingerprint density at radius 3 is 2.95 bits per heavy atom. The van der Waals surface area contributed by atoms with Crippen LogP contribution in [0.1, 0.15) is 18.6 Å². The molecule has 0 radical (unpaired) electrons. The van der Waals surface area contributed by atoms with Crippen molar-refractivity contribution in [2.24, 2.45) is 0 Å². The first-order valence-corrected chi connectivity index (χ1v) is 6.21. The lowest BCUT2D eigenvalue weighted by Gasteiger charge is -2.15. The van der Waals surface area contributed by atoms with Crippen molar-refractivity contribution in [3.05, 3.63) is 29.6 Å². The molecule has 0 spiro atoms. The van der Waals surface area contributed by atoms with E-state index in [4.69, 9.17) is 4.74 Å². The van der Waals surface area contributed by atoms with E-state index in [0.717, 1.165) is 0 Å². The van der Waals surface area contributed by atoms with Gasteiger partial charge in [-0.3, -0.25) is 0 Å². The second-order valence-corrected chi connectivity index (χ2v) is 4.43. The molecule has 19 heavy (non-hydrogen) atoms. The molecule has 6 heteroatoms. The van der Waals surface area contributed by atoms with E-state index < -0.39 is 11.9 Å². The van der Waals surface area contributed by atoms with Gasteiger partial charge in [0.1, 0.15) is 6.61 Å². The van der Waals surface area contributed by atoms with Crippen LogP contribution in [0.15, 0.2) is 18.2 Å². The van der Waals surface area contributed by atoms with Crippen LogP contribution in [-0.2, 0) is 0 Å². The van der Waals surface area contributed by atoms with Gasteiger partial charge in [-0.25, -0.2) is 9.18 Å². The Balaban J connectivity index is 1.87. The van der Waals surface area contributed by atoms with Crippen LogP contribution in [0.3, 0.4) is 0 Å². The Labute approximate surface area is 111 Å². The molecule has 1 heterocycles. The molecule has 1 saturated heterocycles. The summed E-state index contributed by atoms with van der Waals surface area (Å²) in [6.45, 7) is 3.50. The number of ether oxygens (including phenoxy) is 1. The number of nitrogens with one attached hydrogen (secondary N) is 1. The predicted octanol–water partition coefficient (Wildman–Crippen LogP) is 1.28. The predicted molar refractivity (Wildman–Crippen MR) is 67.5 cm³/mol. The Bertz CT molecular complexity index is 465. The zero-order valence-corrected chi connectivity index (χ0v) is 10.7. The summed E-state index contributed by atoms with van der Waals surface area (Å²) in [5.74, 6) is -0.381. The average molecular weight is 268 g/mol. The largest absolute Gasteiger partial charge is 0.489 e. The molecule has 0 aromatic heterocycles. The second kappa shape index (κ2) is 5.88. The number of nitrogens with zero attached hydrogens (tertiary/aromatic N) is 1. The number of aliphatic hydroxyl groups excluding tert-OH is 1. The maximum Gasteiger partial charge on any atom is 0.317 e. The summed E-state index contributed by atoms with van der Waals surface area (Å²) in [5.41, 5.74) is 0.503. The fourth-order valence-electron chi connectivity index (χ4n) is 1.88. The summed E-state index contributed by atoms with van der Waals surface area (Å²) in [7, 11) is 0. The van der Waals surface area contributed by atoms with Gasteiger partial charge in [0, 0.05) is 13.1 Å². The van der Waals surface area contributed by atoms with E-state index in [1.165, 1.54) is 12.1 Å². The fourth-order valence-corrected chi connectivity index (χ4v) is 1.88. The highest BCUT2D eigenvalue weighted by Gasteiger charge is 2.18. The number of benzene rings is 1. The van der Waals surface area contributed by atoms with Gasteiger partial charge >= 0.3 is 6.03 Å². The second-order valence-electron chi connectivity index (χ2n) is 4.43. The highest BCUT2D eigenvalue weighted by atomic mass is 19.1. The molecule has 1 aliphatic heterocycles. The molecule has 0 unspecified atom stereocenters. The van der Waals surface area contributed by atoms with Crippen molar-refractivity contribution in [3.63, 3.8) is 0 Å². The van der Waals surface area contributed by atoms with Gasteiger partial charge < -0.3 is 20.1 Å². The molecule has 5 nitrogen and oxygen atoms in total. The molecule has 0 bridgehead atoms. The third kappa shape index (κ3) is 3.35. The first kappa shape index (κ1) is 13.6. The minimum absolute atomic E-state index is 0.117. The number of carbonyl (C=O) groups is 1. The summed E-state index contributed by atoms with van der Waals surface area (Å²) >= 11 is 0. The Kier molecular flexibility index (Phi) is 4.21. The monoisotopic (exact) mass is 268 g/mol. The summed E-state index contributed by atoms with van der Waals surface area (Å²) in [6.07, 6.45) is -0.711. The van der Waals surface area contributed by atoms with Gasteiger partial charge in [-0.1, -0.05) is 6.07 Å². The summed E-state index contributed by atoms with van der Waals surface area (Å²) in [6, 6.07) is 4.24. The van der Waals surface area contributed by atoms with Crippen molar-refractivity contribution in [1.29, 1.82) is 0 Å². The Morgan fingerprint density at radius 1 is 1.58 bits per heavy atom. The van der Waals surface area contributed by atoms with Gasteiger partial charge in [-0.05, 0) is 24.6 Å². The summed E-state index contributed by atoms with van der Waals surface area (Å²) < 4.78 is 19.0. The number of hydrogen-bond donors (Lipinski definition) is 2. The van der Waals surface area contributed by atoms with E-state index in [9.17, 15) is 14.3 Å². The maximum atomic E-state index is 13.7. The molecule has 0 saturated carbocycles. The van der Waals surface area contributed by atoms with Crippen LogP contribution < -0.4 is 10.1 Å². The van der Waals surface area contributed by atoms with Gasteiger partial charge in [0.25, 0.3) is 0 Å². The zero-order valence-electron chi connectivity index (χ0n) is 10.7. The van der Waals surface area contributed by atoms with E-state index >= 15 is 0 Å². The molecule has 2 rings (SSSR count). The minimum Gasteiger partial charge on any atom is -0.489 e. The van der Waals surface area contributed by atoms with Crippen molar-refractivity contribution < 1.29 is 19.0 Å². The SMILES string of the molecule is C[C@@H](O)c1ccc(OCCN2CCNC2=O)c(F)c1. The molecule has 2 N–H and O–H groups in total. The molecular formula is C13H17FN2O3. The van der Waals surface area contributed by atoms with Crippen molar-refractivity contribution in [3.8, 4) is 5.75 Å². The van der Waals surface area contributed by atoms with E-state index in [0.29, 0.717) is 25.2 Å². The third-order valence-electron chi connectivity index (χ3n) is 3.00. The molecule has 1 aliphatic rings. The summed E-state index contributed by atoms with van der Waals surface area (Å²) in [5, 5.41) is 12.0. The van der Waals surface area contributed by atoms with Crippen LogP contribution in [0.5, 0.6) is 5.75 Å². The summed E-state index contributed by atoms with van der Waals surface area (Å²) in [4.78, 5) is 12.9. The minimum atomic E-state index is -0.711. The van der Waals surface area contributed by atoms with E-state index in [2.05, 4.69) is 5.32 Å². The van der Waals surface area contributed by atoms with Crippen LogP contribution in [0.25, 0.3) is 0 Å². The highest BCUT2D eigenvalue weighted by molar-refractivity contribution is 5.76. The topological polar surface area (TPSA) is 61.8 Å². The van der Waals surface area contributed by atoms with E-state index in [1.807, 2.05) is 0 Å². The van der Waals surface area contributed by atoms with Crippen LogP contribution >= 0.6 is 0 Å². The van der Waals surface area contributed by atoms with Crippen LogP contribution in [0.4, 0.5) is 9.18 Å². The lowest BCUT2D eigenvalue weighted by Crippen LogP contribution is -2.31. The highest BCUT2D eigenvalue weighted by Crippen LogP contribution is 2.21. The van der Waals surface area contributed by atoms with Gasteiger partial charge in [-0.15, -0.1) is 0 Å². The molecule has 1 aromatic rings. The van der Waals surface area contributed by atoms with Crippen LogP contribution in [0.2, 0.25) is 0 Å². The normalized spacial score (nSPS) is 16.4. The quantitative estimate of drug-likeness (QED) is 0.845. The van der Waals surface area contributed by atoms with Gasteiger partial charge in [0.2, 0.25) is 0 Å². The van der Waals surface area contributed by atoms with Crippen molar-refractivity contribution >= 4 is 6.03 Å². The number of amides is 2. The zero-order chi connectivity index (χ0) is 13.8. The first-order valence-electron chi connectivity index (χ1n) is 6.21. The number of aliphatic hydroxyl groups is 1.